The van der Waals surface area contributed by atoms with Crippen molar-refractivity contribution < 1.29 is 14.3 Å². The lowest BCUT2D eigenvalue weighted by molar-refractivity contribution is -0.145. The summed E-state index contributed by atoms with van der Waals surface area (Å²) in [6, 6.07) is 18.8. The molecule has 150 valence electrons. The summed E-state index contributed by atoms with van der Waals surface area (Å²) in [6.45, 7) is 7.97. The van der Waals surface area contributed by atoms with Crippen LogP contribution in [0.4, 0.5) is 0 Å². The Morgan fingerprint density at radius 1 is 1.00 bits per heavy atom. The van der Waals surface area contributed by atoms with E-state index in [9.17, 15) is 9.59 Å². The van der Waals surface area contributed by atoms with E-state index in [1.807, 2.05) is 69.3 Å². The van der Waals surface area contributed by atoms with Crippen LogP contribution in [0.5, 0.6) is 0 Å². The Morgan fingerprint density at radius 2 is 1.69 bits per heavy atom. The number of benzene rings is 2. The second-order valence-electron chi connectivity index (χ2n) is 8.01. The van der Waals surface area contributed by atoms with E-state index in [0.717, 1.165) is 10.9 Å². The van der Waals surface area contributed by atoms with E-state index in [1.165, 1.54) is 0 Å². The second-order valence-corrected chi connectivity index (χ2v) is 8.01. The van der Waals surface area contributed by atoms with Crippen LogP contribution in [-0.2, 0) is 16.1 Å². The topological polar surface area (TPSA) is 59.5 Å². The van der Waals surface area contributed by atoms with Gasteiger partial charge in [0.1, 0.15) is 0 Å². The predicted molar refractivity (Wildman–Crippen MR) is 113 cm³/mol. The summed E-state index contributed by atoms with van der Waals surface area (Å²) in [5, 5.41) is 0.848. The molecule has 5 heteroatoms. The van der Waals surface area contributed by atoms with Crippen LogP contribution in [0.3, 0.4) is 0 Å². The van der Waals surface area contributed by atoms with Crippen molar-refractivity contribution in [1.82, 2.24) is 9.88 Å². The molecule has 0 aliphatic rings. The number of hydrogen-bond donors (Lipinski definition) is 0. The van der Waals surface area contributed by atoms with Gasteiger partial charge in [0.05, 0.1) is 11.1 Å². The van der Waals surface area contributed by atoms with Gasteiger partial charge in [-0.15, -0.1) is 0 Å². The molecule has 0 aliphatic carbocycles. The van der Waals surface area contributed by atoms with E-state index < -0.39 is 17.6 Å². The molecule has 1 amide bonds. The molecule has 0 spiro atoms. The first kappa shape index (κ1) is 20.5. The fraction of sp³-hybridized carbons (Fsp3) is 0.292. The Balaban J connectivity index is 1.79. The summed E-state index contributed by atoms with van der Waals surface area (Å²) in [4.78, 5) is 32.0. The first-order valence-corrected chi connectivity index (χ1v) is 9.67. The van der Waals surface area contributed by atoms with Crippen LogP contribution >= 0.6 is 0 Å². The maximum Gasteiger partial charge on any atom is 0.341 e. The lowest BCUT2D eigenvalue weighted by Gasteiger charge is -2.37. The van der Waals surface area contributed by atoms with Crippen molar-refractivity contribution in [2.24, 2.45) is 0 Å². The zero-order valence-corrected chi connectivity index (χ0v) is 17.3. The number of hydrogen-bond acceptors (Lipinski definition) is 4. The van der Waals surface area contributed by atoms with Crippen LogP contribution in [-0.4, -0.2) is 33.4 Å². The lowest BCUT2D eigenvalue weighted by Crippen LogP contribution is -2.49. The Kier molecular flexibility index (Phi) is 5.97. The van der Waals surface area contributed by atoms with Crippen LogP contribution in [0.15, 0.2) is 66.9 Å². The summed E-state index contributed by atoms with van der Waals surface area (Å²) in [5.74, 6) is -0.786. The van der Waals surface area contributed by atoms with Gasteiger partial charge in [-0.1, -0.05) is 48.5 Å². The molecule has 0 unspecified atom stereocenters. The van der Waals surface area contributed by atoms with Crippen LogP contribution in [0.2, 0.25) is 0 Å². The van der Waals surface area contributed by atoms with E-state index in [0.29, 0.717) is 17.6 Å². The van der Waals surface area contributed by atoms with Crippen molar-refractivity contribution in [3.05, 3.63) is 78.0 Å². The van der Waals surface area contributed by atoms with Crippen molar-refractivity contribution in [3.8, 4) is 0 Å². The highest BCUT2D eigenvalue weighted by Gasteiger charge is 2.32. The van der Waals surface area contributed by atoms with Gasteiger partial charge in [0.2, 0.25) is 0 Å². The third kappa shape index (κ3) is 4.80. The Labute approximate surface area is 171 Å². The molecule has 0 aliphatic heterocycles. The molecule has 1 heterocycles. The zero-order valence-electron chi connectivity index (χ0n) is 17.3. The Hall–Kier alpha value is -3.21. The van der Waals surface area contributed by atoms with E-state index in [2.05, 4.69) is 4.98 Å². The molecular formula is C24H26N2O3. The van der Waals surface area contributed by atoms with Gasteiger partial charge in [-0.2, -0.15) is 0 Å². The molecule has 0 fully saturated rings. The molecule has 0 N–H and O–H groups in total. The number of fused-ring (bicyclic) bond motifs is 1. The number of esters is 1. The van der Waals surface area contributed by atoms with Gasteiger partial charge >= 0.3 is 5.97 Å². The minimum atomic E-state index is -0.913. The maximum absolute atomic E-state index is 13.2. The molecule has 0 saturated heterocycles. The molecule has 0 radical (unpaired) electrons. The summed E-state index contributed by atoms with van der Waals surface area (Å²) in [5.41, 5.74) is 1.52. The van der Waals surface area contributed by atoms with Crippen LogP contribution in [0, 0.1) is 0 Å². The molecule has 0 bridgehead atoms. The van der Waals surface area contributed by atoms with E-state index in [1.54, 1.807) is 30.2 Å². The highest BCUT2D eigenvalue weighted by molar-refractivity contribution is 6.03. The summed E-state index contributed by atoms with van der Waals surface area (Å²) in [6.07, 6.45) is 0.721. The Bertz CT molecular complexity index is 1000. The van der Waals surface area contributed by atoms with Crippen LogP contribution in [0.1, 0.15) is 43.6 Å². The molecule has 2 aromatic carbocycles. The SMILES string of the molecule is C[C@H](OC(=O)c1cccc2cccnc12)C(=O)N(Cc1ccccc1)C(C)(C)C. The molecule has 3 aromatic rings. The highest BCUT2D eigenvalue weighted by Crippen LogP contribution is 2.21. The minimum Gasteiger partial charge on any atom is -0.449 e. The molecule has 1 aromatic heterocycles. The van der Waals surface area contributed by atoms with Crippen molar-refractivity contribution >= 4 is 22.8 Å². The van der Waals surface area contributed by atoms with Crippen molar-refractivity contribution in [3.63, 3.8) is 0 Å². The van der Waals surface area contributed by atoms with Crippen LogP contribution < -0.4 is 0 Å². The zero-order chi connectivity index (χ0) is 21.0. The standard InChI is InChI=1S/C24H26N2O3/c1-17(22(27)26(24(2,3)4)16-18-10-6-5-7-11-18)29-23(28)20-14-8-12-19-13-9-15-25-21(19)20/h5-15,17H,16H2,1-4H3/t17-/m0/s1. The normalized spacial score (nSPS) is 12.4. The number of nitrogens with zero attached hydrogens (tertiary/aromatic N) is 2. The summed E-state index contributed by atoms with van der Waals surface area (Å²) < 4.78 is 5.55. The average molecular weight is 390 g/mol. The third-order valence-corrected chi connectivity index (χ3v) is 4.74. The predicted octanol–water partition coefficient (Wildman–Crippen LogP) is 4.61. The van der Waals surface area contributed by atoms with E-state index >= 15 is 0 Å². The summed E-state index contributed by atoms with van der Waals surface area (Å²) >= 11 is 0. The Morgan fingerprint density at radius 3 is 2.38 bits per heavy atom. The molecule has 29 heavy (non-hydrogen) atoms. The monoisotopic (exact) mass is 390 g/mol. The number of ether oxygens (including phenoxy) is 1. The molecular weight excluding hydrogens is 364 g/mol. The van der Waals surface area contributed by atoms with Crippen molar-refractivity contribution in [1.29, 1.82) is 0 Å². The minimum absolute atomic E-state index is 0.233. The number of carbonyl (C=O) groups excluding carboxylic acids is 2. The number of pyridine rings is 1. The number of carbonyl (C=O) groups is 2. The van der Waals surface area contributed by atoms with Gasteiger partial charge in [0.15, 0.2) is 6.10 Å². The quantitative estimate of drug-likeness (QED) is 0.597. The molecule has 5 nitrogen and oxygen atoms in total. The smallest absolute Gasteiger partial charge is 0.341 e. The van der Waals surface area contributed by atoms with Gasteiger partial charge in [-0.3, -0.25) is 9.78 Å². The van der Waals surface area contributed by atoms with Gasteiger partial charge in [-0.25, -0.2) is 4.79 Å². The lowest BCUT2D eigenvalue weighted by atomic mass is 10.0. The number of amides is 1. The van der Waals surface area contributed by atoms with Gasteiger partial charge in [0, 0.05) is 23.7 Å². The van der Waals surface area contributed by atoms with Gasteiger partial charge in [-0.05, 0) is 45.4 Å². The second kappa shape index (κ2) is 8.43. The fourth-order valence-electron chi connectivity index (χ4n) is 3.17. The number of aromatic nitrogens is 1. The first-order valence-electron chi connectivity index (χ1n) is 9.67. The van der Waals surface area contributed by atoms with Crippen molar-refractivity contribution in [2.75, 3.05) is 0 Å². The van der Waals surface area contributed by atoms with E-state index in [-0.39, 0.29) is 5.91 Å². The largest absolute Gasteiger partial charge is 0.449 e. The number of rotatable bonds is 5. The third-order valence-electron chi connectivity index (χ3n) is 4.74. The molecule has 0 saturated carbocycles. The van der Waals surface area contributed by atoms with Crippen LogP contribution in [0.25, 0.3) is 10.9 Å². The fourth-order valence-corrected chi connectivity index (χ4v) is 3.17. The maximum atomic E-state index is 13.2. The highest BCUT2D eigenvalue weighted by atomic mass is 16.5. The van der Waals surface area contributed by atoms with Gasteiger partial charge in [0.25, 0.3) is 5.91 Å². The first-order chi connectivity index (χ1) is 13.8. The van der Waals surface area contributed by atoms with Crippen molar-refractivity contribution in [2.45, 2.75) is 45.9 Å². The molecule has 3 rings (SSSR count). The molecule has 1 atom stereocenters. The average Bonchev–Trinajstić information content (AvgIpc) is 2.71. The van der Waals surface area contributed by atoms with Gasteiger partial charge < -0.3 is 9.64 Å². The van der Waals surface area contributed by atoms with E-state index in [4.69, 9.17) is 4.74 Å². The number of para-hydroxylation sites is 1. The summed E-state index contributed by atoms with van der Waals surface area (Å²) in [7, 11) is 0.